The van der Waals surface area contributed by atoms with Crippen LogP contribution in [0.3, 0.4) is 0 Å². The fraction of sp³-hybridized carbons (Fsp3) is 0.250. The maximum Gasteiger partial charge on any atom is 0.0265 e. The Morgan fingerprint density at radius 2 is 1.39 bits per heavy atom. The summed E-state index contributed by atoms with van der Waals surface area (Å²) in [5, 5.41) is 0. The van der Waals surface area contributed by atoms with Gasteiger partial charge in [-0.15, -0.1) is 0 Å². The molecule has 18 heavy (non-hydrogen) atoms. The van der Waals surface area contributed by atoms with E-state index in [0.717, 1.165) is 0 Å². The minimum Gasteiger partial charge on any atom is -0.0877 e. The zero-order valence-electron chi connectivity index (χ0n) is 10.9. The van der Waals surface area contributed by atoms with Crippen LogP contribution in [0, 0.1) is 6.92 Å². The van der Waals surface area contributed by atoms with Gasteiger partial charge in [-0.25, -0.2) is 0 Å². The van der Waals surface area contributed by atoms with Crippen molar-refractivity contribution in [2.24, 2.45) is 0 Å². The van der Waals surface area contributed by atoms with Crippen molar-refractivity contribution < 1.29 is 0 Å². The third-order valence-electron chi connectivity index (χ3n) is 3.24. The highest BCUT2D eigenvalue weighted by atomic mass is 32.2. The molecule has 0 nitrogen and oxygen atoms in total. The van der Waals surface area contributed by atoms with Crippen LogP contribution in [0.2, 0.25) is 0 Å². The monoisotopic (exact) mass is 272 g/mol. The van der Waals surface area contributed by atoms with Crippen LogP contribution in [-0.2, 0) is 0 Å². The molecule has 0 bridgehead atoms. The van der Waals surface area contributed by atoms with Crippen LogP contribution in [0.4, 0.5) is 0 Å². The SMILES string of the molecule is Cc1cc2c(cc1C(C)C)Sc1ccccc1S2. The van der Waals surface area contributed by atoms with Crippen LogP contribution < -0.4 is 0 Å². The molecule has 0 saturated heterocycles. The lowest BCUT2D eigenvalue weighted by Crippen LogP contribution is -1.96. The molecule has 0 atom stereocenters. The quantitative estimate of drug-likeness (QED) is 0.554. The lowest BCUT2D eigenvalue weighted by molar-refractivity contribution is 0.845. The van der Waals surface area contributed by atoms with E-state index in [-0.39, 0.29) is 0 Å². The van der Waals surface area contributed by atoms with Crippen molar-refractivity contribution >= 4 is 23.5 Å². The molecular formula is C16H16S2. The third kappa shape index (κ3) is 2.08. The molecule has 2 heteroatoms. The van der Waals surface area contributed by atoms with Crippen LogP contribution in [-0.4, -0.2) is 0 Å². The Bertz CT molecular complexity index is 600. The number of aryl methyl sites for hydroxylation is 1. The van der Waals surface area contributed by atoms with Crippen LogP contribution in [0.1, 0.15) is 30.9 Å². The predicted molar refractivity (Wildman–Crippen MR) is 80.0 cm³/mol. The van der Waals surface area contributed by atoms with E-state index in [1.54, 1.807) is 0 Å². The molecule has 0 unspecified atom stereocenters. The van der Waals surface area contributed by atoms with Crippen molar-refractivity contribution in [2.45, 2.75) is 46.3 Å². The molecule has 1 aliphatic heterocycles. The fourth-order valence-electron chi connectivity index (χ4n) is 2.31. The molecule has 0 saturated carbocycles. The van der Waals surface area contributed by atoms with E-state index in [9.17, 15) is 0 Å². The summed E-state index contributed by atoms with van der Waals surface area (Å²) in [6.45, 7) is 6.76. The number of benzene rings is 2. The first-order chi connectivity index (χ1) is 8.65. The van der Waals surface area contributed by atoms with Gasteiger partial charge in [0.2, 0.25) is 0 Å². The van der Waals surface area contributed by atoms with E-state index >= 15 is 0 Å². The Labute approximate surface area is 117 Å². The second-order valence-electron chi connectivity index (χ2n) is 4.96. The zero-order valence-corrected chi connectivity index (χ0v) is 12.5. The summed E-state index contributed by atoms with van der Waals surface area (Å²) in [7, 11) is 0. The molecule has 0 spiro atoms. The topological polar surface area (TPSA) is 0 Å². The summed E-state index contributed by atoms with van der Waals surface area (Å²) >= 11 is 3.80. The molecule has 0 N–H and O–H groups in total. The van der Waals surface area contributed by atoms with E-state index in [4.69, 9.17) is 0 Å². The standard InChI is InChI=1S/C16H16S2/c1-10(2)12-9-16-15(8-11(12)3)17-13-6-4-5-7-14(13)18-16/h4-10H,1-3H3. The first-order valence-electron chi connectivity index (χ1n) is 6.24. The molecule has 92 valence electrons. The molecule has 2 aromatic carbocycles. The van der Waals surface area contributed by atoms with Gasteiger partial charge in [0.15, 0.2) is 0 Å². The highest BCUT2D eigenvalue weighted by Crippen LogP contribution is 2.49. The molecule has 1 aliphatic rings. The van der Waals surface area contributed by atoms with Crippen molar-refractivity contribution in [3.63, 3.8) is 0 Å². The summed E-state index contributed by atoms with van der Waals surface area (Å²) in [6.07, 6.45) is 0. The van der Waals surface area contributed by atoms with Gasteiger partial charge in [-0.1, -0.05) is 49.5 Å². The van der Waals surface area contributed by atoms with Gasteiger partial charge in [-0.05, 0) is 48.2 Å². The van der Waals surface area contributed by atoms with Crippen LogP contribution in [0.15, 0.2) is 56.0 Å². The first kappa shape index (κ1) is 12.2. The summed E-state index contributed by atoms with van der Waals surface area (Å²) in [5.74, 6) is 0.595. The van der Waals surface area contributed by atoms with Gasteiger partial charge in [0, 0.05) is 19.6 Å². The minimum atomic E-state index is 0.595. The van der Waals surface area contributed by atoms with Gasteiger partial charge in [0.1, 0.15) is 0 Å². The molecule has 0 fully saturated rings. The second kappa shape index (κ2) is 4.67. The Kier molecular flexibility index (Phi) is 3.16. The van der Waals surface area contributed by atoms with Crippen molar-refractivity contribution in [3.8, 4) is 0 Å². The van der Waals surface area contributed by atoms with E-state index < -0.39 is 0 Å². The lowest BCUT2D eigenvalue weighted by atomic mass is 9.98. The molecule has 2 aromatic rings. The van der Waals surface area contributed by atoms with E-state index in [2.05, 4.69) is 57.2 Å². The fourth-order valence-corrected chi connectivity index (χ4v) is 4.66. The Balaban J connectivity index is 2.08. The van der Waals surface area contributed by atoms with Gasteiger partial charge in [-0.3, -0.25) is 0 Å². The van der Waals surface area contributed by atoms with E-state index in [1.165, 1.54) is 30.7 Å². The number of fused-ring (bicyclic) bond motifs is 2. The van der Waals surface area contributed by atoms with E-state index in [1.807, 2.05) is 23.5 Å². The number of rotatable bonds is 1. The zero-order chi connectivity index (χ0) is 12.7. The number of hydrogen-bond donors (Lipinski definition) is 0. The summed E-state index contributed by atoms with van der Waals surface area (Å²) in [6, 6.07) is 13.4. The molecule has 0 aromatic heterocycles. The molecule has 3 rings (SSSR count). The lowest BCUT2D eigenvalue weighted by Gasteiger charge is -2.21. The van der Waals surface area contributed by atoms with E-state index in [0.29, 0.717) is 5.92 Å². The van der Waals surface area contributed by atoms with Crippen molar-refractivity contribution in [2.75, 3.05) is 0 Å². The van der Waals surface area contributed by atoms with Gasteiger partial charge in [-0.2, -0.15) is 0 Å². The average Bonchev–Trinajstić information content (AvgIpc) is 2.35. The summed E-state index contributed by atoms with van der Waals surface area (Å²) in [5.41, 5.74) is 2.89. The Hall–Kier alpha value is -0.860. The molecule has 1 heterocycles. The molecule has 0 aliphatic carbocycles. The third-order valence-corrected chi connectivity index (χ3v) is 5.77. The average molecular weight is 272 g/mol. The van der Waals surface area contributed by atoms with Gasteiger partial charge >= 0.3 is 0 Å². The van der Waals surface area contributed by atoms with Crippen molar-refractivity contribution in [1.29, 1.82) is 0 Å². The Morgan fingerprint density at radius 1 is 0.833 bits per heavy atom. The van der Waals surface area contributed by atoms with Crippen molar-refractivity contribution in [3.05, 3.63) is 47.5 Å². The first-order valence-corrected chi connectivity index (χ1v) is 7.87. The Morgan fingerprint density at radius 3 is 1.94 bits per heavy atom. The predicted octanol–water partition coefficient (Wildman–Crippen LogP) is 5.73. The normalized spacial score (nSPS) is 13.3. The van der Waals surface area contributed by atoms with Crippen LogP contribution >= 0.6 is 23.5 Å². The molecule has 0 amide bonds. The molecular weight excluding hydrogens is 256 g/mol. The van der Waals surface area contributed by atoms with Gasteiger partial charge in [0.25, 0.3) is 0 Å². The highest BCUT2D eigenvalue weighted by molar-refractivity contribution is 8.05. The summed E-state index contributed by atoms with van der Waals surface area (Å²) in [4.78, 5) is 5.58. The largest absolute Gasteiger partial charge is 0.0877 e. The second-order valence-corrected chi connectivity index (χ2v) is 7.13. The smallest absolute Gasteiger partial charge is 0.0265 e. The minimum absolute atomic E-state index is 0.595. The molecule has 0 radical (unpaired) electrons. The van der Waals surface area contributed by atoms with Crippen LogP contribution in [0.25, 0.3) is 0 Å². The number of hydrogen-bond acceptors (Lipinski definition) is 2. The maximum atomic E-state index is 2.38. The van der Waals surface area contributed by atoms with Gasteiger partial charge < -0.3 is 0 Å². The van der Waals surface area contributed by atoms with Crippen LogP contribution in [0.5, 0.6) is 0 Å². The summed E-state index contributed by atoms with van der Waals surface area (Å²) < 4.78 is 0. The van der Waals surface area contributed by atoms with Gasteiger partial charge in [0.05, 0.1) is 0 Å². The highest BCUT2D eigenvalue weighted by Gasteiger charge is 2.18. The maximum absolute atomic E-state index is 2.38. The van der Waals surface area contributed by atoms with Crippen molar-refractivity contribution in [1.82, 2.24) is 0 Å².